The zero-order valence-corrected chi connectivity index (χ0v) is 16.4. The van der Waals surface area contributed by atoms with E-state index in [1.165, 1.54) is 29.0 Å². The van der Waals surface area contributed by atoms with Crippen LogP contribution in [-0.2, 0) is 15.6 Å². The first-order valence-electron chi connectivity index (χ1n) is 7.78. The third-order valence-electron chi connectivity index (χ3n) is 3.79. The zero-order chi connectivity index (χ0) is 19.6. The SMILES string of the molecule is C[C@H](Oc1cc(F)c(S(=O)(=O)Cc2cscn2)cc1Cl)c1ccccc1F. The van der Waals surface area contributed by atoms with Gasteiger partial charge in [-0.05, 0) is 19.1 Å². The molecule has 0 bridgehead atoms. The maximum absolute atomic E-state index is 14.5. The molecule has 0 saturated carbocycles. The molecule has 0 aliphatic carbocycles. The normalized spacial score (nSPS) is 12.7. The van der Waals surface area contributed by atoms with Gasteiger partial charge in [-0.3, -0.25) is 0 Å². The van der Waals surface area contributed by atoms with E-state index >= 15 is 0 Å². The number of benzene rings is 2. The fourth-order valence-electron chi connectivity index (χ4n) is 2.48. The van der Waals surface area contributed by atoms with Crippen LogP contribution in [0.4, 0.5) is 8.78 Å². The lowest BCUT2D eigenvalue weighted by molar-refractivity contribution is 0.220. The van der Waals surface area contributed by atoms with Gasteiger partial charge in [-0.1, -0.05) is 29.8 Å². The lowest BCUT2D eigenvalue weighted by Crippen LogP contribution is -2.09. The fourth-order valence-corrected chi connectivity index (χ4v) is 4.77. The lowest BCUT2D eigenvalue weighted by atomic mass is 10.1. The van der Waals surface area contributed by atoms with Crippen molar-refractivity contribution in [2.24, 2.45) is 0 Å². The van der Waals surface area contributed by atoms with Crippen molar-refractivity contribution in [1.82, 2.24) is 4.98 Å². The molecule has 142 valence electrons. The van der Waals surface area contributed by atoms with Crippen LogP contribution in [0.15, 0.2) is 52.2 Å². The van der Waals surface area contributed by atoms with Gasteiger partial charge >= 0.3 is 0 Å². The number of nitrogens with zero attached hydrogens (tertiary/aromatic N) is 1. The molecule has 2 aromatic carbocycles. The predicted molar refractivity (Wildman–Crippen MR) is 99.9 cm³/mol. The van der Waals surface area contributed by atoms with Gasteiger partial charge in [-0.25, -0.2) is 22.2 Å². The molecule has 0 amide bonds. The summed E-state index contributed by atoms with van der Waals surface area (Å²) in [5.41, 5.74) is 2.09. The van der Waals surface area contributed by atoms with Crippen molar-refractivity contribution in [3.05, 3.63) is 75.2 Å². The predicted octanol–water partition coefficient (Wildman–Crippen LogP) is 5.19. The van der Waals surface area contributed by atoms with Crippen LogP contribution in [0.1, 0.15) is 24.3 Å². The summed E-state index contributed by atoms with van der Waals surface area (Å²) in [7, 11) is -3.97. The Morgan fingerprint density at radius 3 is 2.63 bits per heavy atom. The molecule has 27 heavy (non-hydrogen) atoms. The van der Waals surface area contributed by atoms with Crippen LogP contribution in [0.5, 0.6) is 5.75 Å². The van der Waals surface area contributed by atoms with Crippen LogP contribution in [-0.4, -0.2) is 13.4 Å². The Kier molecular flexibility index (Phi) is 5.78. The standard InChI is InChI=1S/C18H14ClF2NO3S2/c1-11(13-4-2-3-5-15(13)20)25-17-7-16(21)18(6-14(17)19)27(23,24)9-12-8-26-10-22-12/h2-8,10-11H,9H2,1H3/t11-/m0/s1. The molecule has 9 heteroatoms. The van der Waals surface area contributed by atoms with E-state index in [4.69, 9.17) is 16.3 Å². The number of aromatic nitrogens is 1. The third kappa shape index (κ3) is 4.45. The summed E-state index contributed by atoms with van der Waals surface area (Å²) < 4.78 is 58.8. The summed E-state index contributed by atoms with van der Waals surface area (Å²) in [4.78, 5) is 3.37. The fraction of sp³-hybridized carbons (Fsp3) is 0.167. The lowest BCUT2D eigenvalue weighted by Gasteiger charge is -2.17. The van der Waals surface area contributed by atoms with Gasteiger partial charge in [0.05, 0.1) is 22.0 Å². The number of thiazole rings is 1. The molecule has 0 aliphatic heterocycles. The quantitative estimate of drug-likeness (QED) is 0.541. The van der Waals surface area contributed by atoms with E-state index in [-0.39, 0.29) is 16.3 Å². The summed E-state index contributed by atoms with van der Waals surface area (Å²) in [5.74, 6) is -1.97. The average Bonchev–Trinajstić information content (AvgIpc) is 3.10. The van der Waals surface area contributed by atoms with Gasteiger partial charge in [0.25, 0.3) is 0 Å². The Bertz CT molecular complexity index is 1060. The number of ether oxygens (including phenoxy) is 1. The minimum Gasteiger partial charge on any atom is -0.484 e. The van der Waals surface area contributed by atoms with Crippen molar-refractivity contribution < 1.29 is 21.9 Å². The first kappa shape index (κ1) is 19.7. The molecule has 0 aliphatic rings. The molecule has 0 radical (unpaired) electrons. The van der Waals surface area contributed by atoms with Crippen molar-refractivity contribution in [2.75, 3.05) is 0 Å². The van der Waals surface area contributed by atoms with Gasteiger partial charge in [0.2, 0.25) is 0 Å². The second-order valence-electron chi connectivity index (χ2n) is 5.73. The molecule has 1 aromatic heterocycles. The van der Waals surface area contributed by atoms with Gasteiger partial charge in [0.1, 0.15) is 28.4 Å². The number of hydrogen-bond acceptors (Lipinski definition) is 5. The van der Waals surface area contributed by atoms with Gasteiger partial charge in [-0.2, -0.15) is 0 Å². The summed E-state index contributed by atoms with van der Waals surface area (Å²) in [6.45, 7) is 1.58. The maximum atomic E-state index is 14.5. The van der Waals surface area contributed by atoms with Crippen LogP contribution in [0.2, 0.25) is 5.02 Å². The first-order chi connectivity index (χ1) is 12.8. The summed E-state index contributed by atoms with van der Waals surface area (Å²) in [6.07, 6.45) is -0.749. The van der Waals surface area contributed by atoms with Gasteiger partial charge < -0.3 is 4.74 Å². The molecule has 1 atom stereocenters. The molecule has 0 N–H and O–H groups in total. The topological polar surface area (TPSA) is 56.3 Å². The van der Waals surface area contributed by atoms with E-state index in [1.807, 2.05) is 0 Å². The first-order valence-corrected chi connectivity index (χ1v) is 10.7. The summed E-state index contributed by atoms with van der Waals surface area (Å²) in [5, 5.41) is 1.49. The van der Waals surface area contributed by atoms with Crippen molar-refractivity contribution in [1.29, 1.82) is 0 Å². The highest BCUT2D eigenvalue weighted by atomic mass is 35.5. The summed E-state index contributed by atoms with van der Waals surface area (Å²) >= 11 is 7.34. The van der Waals surface area contributed by atoms with E-state index in [1.54, 1.807) is 24.4 Å². The molecule has 0 unspecified atom stereocenters. The van der Waals surface area contributed by atoms with Crippen LogP contribution < -0.4 is 4.74 Å². The molecule has 3 rings (SSSR count). The Hall–Kier alpha value is -2.03. The molecule has 0 saturated heterocycles. The number of sulfone groups is 1. The van der Waals surface area contributed by atoms with E-state index in [0.717, 1.165) is 12.1 Å². The van der Waals surface area contributed by atoms with Gasteiger partial charge in [0, 0.05) is 17.0 Å². The molecule has 0 fully saturated rings. The Morgan fingerprint density at radius 1 is 1.22 bits per heavy atom. The Labute approximate surface area is 164 Å². The average molecular weight is 430 g/mol. The molecule has 4 nitrogen and oxygen atoms in total. The second-order valence-corrected chi connectivity index (χ2v) is 8.82. The Morgan fingerprint density at radius 2 is 1.96 bits per heavy atom. The van der Waals surface area contributed by atoms with E-state index in [9.17, 15) is 17.2 Å². The molecular weight excluding hydrogens is 416 g/mol. The van der Waals surface area contributed by atoms with Crippen molar-refractivity contribution in [3.8, 4) is 5.75 Å². The third-order valence-corrected chi connectivity index (χ3v) is 6.38. The summed E-state index contributed by atoms with van der Waals surface area (Å²) in [6, 6.07) is 7.91. The monoisotopic (exact) mass is 429 g/mol. The van der Waals surface area contributed by atoms with E-state index in [2.05, 4.69) is 4.98 Å². The van der Waals surface area contributed by atoms with Crippen molar-refractivity contribution in [3.63, 3.8) is 0 Å². The minimum absolute atomic E-state index is 0.0717. The molecular formula is C18H14ClF2NO3S2. The molecule has 1 heterocycles. The zero-order valence-electron chi connectivity index (χ0n) is 14.0. The van der Waals surface area contributed by atoms with Crippen LogP contribution in [0, 0.1) is 11.6 Å². The van der Waals surface area contributed by atoms with Crippen LogP contribution >= 0.6 is 22.9 Å². The minimum atomic E-state index is -3.97. The number of halogens is 3. The Balaban J connectivity index is 1.88. The van der Waals surface area contributed by atoms with Crippen molar-refractivity contribution in [2.45, 2.75) is 23.7 Å². The van der Waals surface area contributed by atoms with E-state index < -0.39 is 38.2 Å². The highest BCUT2D eigenvalue weighted by Crippen LogP contribution is 2.34. The second kappa shape index (κ2) is 7.92. The van der Waals surface area contributed by atoms with Gasteiger partial charge in [0.15, 0.2) is 9.84 Å². The highest BCUT2D eigenvalue weighted by molar-refractivity contribution is 7.90. The highest BCUT2D eigenvalue weighted by Gasteiger charge is 2.24. The van der Waals surface area contributed by atoms with E-state index in [0.29, 0.717) is 5.69 Å². The van der Waals surface area contributed by atoms with Crippen molar-refractivity contribution >= 4 is 32.8 Å². The molecule has 0 spiro atoms. The van der Waals surface area contributed by atoms with Crippen LogP contribution in [0.25, 0.3) is 0 Å². The number of rotatable bonds is 6. The smallest absolute Gasteiger partial charge is 0.187 e. The molecule has 3 aromatic rings. The maximum Gasteiger partial charge on any atom is 0.187 e. The van der Waals surface area contributed by atoms with Crippen LogP contribution in [0.3, 0.4) is 0 Å². The van der Waals surface area contributed by atoms with Gasteiger partial charge in [-0.15, -0.1) is 11.3 Å². The number of hydrogen-bond donors (Lipinski definition) is 0. The largest absolute Gasteiger partial charge is 0.484 e.